The Balaban J connectivity index is 1.88. The van der Waals surface area contributed by atoms with Crippen molar-refractivity contribution in [2.75, 3.05) is 18.5 Å². The van der Waals surface area contributed by atoms with E-state index in [-0.39, 0.29) is 17.4 Å². The molecule has 2 aromatic heterocycles. The van der Waals surface area contributed by atoms with Crippen LogP contribution in [0.4, 0.5) is 5.69 Å². The summed E-state index contributed by atoms with van der Waals surface area (Å²) >= 11 is 0. The Morgan fingerprint density at radius 1 is 1.10 bits per heavy atom. The van der Waals surface area contributed by atoms with Gasteiger partial charge in [-0.3, -0.25) is 14.0 Å². The number of pyridine rings is 1. The van der Waals surface area contributed by atoms with E-state index in [1.807, 2.05) is 25.1 Å². The van der Waals surface area contributed by atoms with Crippen LogP contribution in [0.3, 0.4) is 0 Å². The highest BCUT2D eigenvalue weighted by molar-refractivity contribution is 6.06. The van der Waals surface area contributed by atoms with Crippen LogP contribution in [-0.4, -0.2) is 34.4 Å². The van der Waals surface area contributed by atoms with Crippen LogP contribution >= 0.6 is 0 Å². The van der Waals surface area contributed by atoms with Crippen LogP contribution in [0.2, 0.25) is 0 Å². The van der Waals surface area contributed by atoms with Gasteiger partial charge in [0.2, 0.25) is 5.82 Å². The summed E-state index contributed by atoms with van der Waals surface area (Å²) in [6, 6.07) is 12.6. The molecule has 1 aromatic carbocycles. The van der Waals surface area contributed by atoms with Gasteiger partial charge < -0.3 is 15.4 Å². The Kier molecular flexibility index (Phi) is 6.49. The third kappa shape index (κ3) is 4.74. The Labute approximate surface area is 170 Å². The van der Waals surface area contributed by atoms with E-state index in [2.05, 4.69) is 29.5 Å². The van der Waals surface area contributed by atoms with Gasteiger partial charge in [0.25, 0.3) is 11.8 Å². The molecule has 0 saturated carbocycles. The molecule has 0 spiro atoms. The summed E-state index contributed by atoms with van der Waals surface area (Å²) in [6.07, 6.45) is 2.59. The summed E-state index contributed by atoms with van der Waals surface area (Å²) in [6.45, 7) is 7.12. The number of hydrogen-bond acceptors (Lipinski definition) is 4. The third-order valence-electron chi connectivity index (χ3n) is 4.41. The summed E-state index contributed by atoms with van der Waals surface area (Å²) < 4.78 is 7.18. The van der Waals surface area contributed by atoms with Crippen molar-refractivity contribution in [3.8, 4) is 5.75 Å². The minimum Gasteiger partial charge on any atom is -0.492 e. The van der Waals surface area contributed by atoms with Crippen molar-refractivity contribution in [2.45, 2.75) is 27.2 Å². The van der Waals surface area contributed by atoms with Gasteiger partial charge in [0.1, 0.15) is 5.75 Å². The molecule has 3 aromatic rings. The quantitative estimate of drug-likeness (QED) is 0.609. The number of nitrogens with one attached hydrogen (secondary N) is 2. The zero-order valence-electron chi connectivity index (χ0n) is 16.9. The molecule has 3 rings (SSSR count). The van der Waals surface area contributed by atoms with Gasteiger partial charge >= 0.3 is 0 Å². The van der Waals surface area contributed by atoms with E-state index in [1.54, 1.807) is 34.9 Å². The van der Waals surface area contributed by atoms with Gasteiger partial charge in [0.15, 0.2) is 5.69 Å². The second kappa shape index (κ2) is 9.23. The van der Waals surface area contributed by atoms with Gasteiger partial charge in [-0.05, 0) is 43.5 Å². The molecule has 7 nitrogen and oxygen atoms in total. The SMILES string of the molecule is CCOc1ccccc1NC(=O)c1nc(C(=O)NCCC(C)C)c2ccccn12. The van der Waals surface area contributed by atoms with Crippen LogP contribution in [0.5, 0.6) is 5.75 Å². The van der Waals surface area contributed by atoms with Crippen molar-refractivity contribution in [1.29, 1.82) is 0 Å². The summed E-state index contributed by atoms with van der Waals surface area (Å²) in [5.41, 5.74) is 1.37. The smallest absolute Gasteiger partial charge is 0.292 e. The molecule has 0 saturated heterocycles. The predicted octanol–water partition coefficient (Wildman–Crippen LogP) is 3.76. The number of nitrogens with zero attached hydrogens (tertiary/aromatic N) is 2. The molecular formula is C22H26N4O3. The van der Waals surface area contributed by atoms with Crippen LogP contribution in [0.1, 0.15) is 48.3 Å². The van der Waals surface area contributed by atoms with Crippen LogP contribution in [0.25, 0.3) is 5.52 Å². The molecular weight excluding hydrogens is 368 g/mol. The number of fused-ring (bicyclic) bond motifs is 1. The second-order valence-electron chi connectivity index (χ2n) is 7.06. The van der Waals surface area contributed by atoms with Crippen molar-refractivity contribution in [2.24, 2.45) is 5.92 Å². The minimum atomic E-state index is -0.417. The van der Waals surface area contributed by atoms with E-state index in [4.69, 9.17) is 4.74 Å². The number of hydrogen-bond donors (Lipinski definition) is 2. The number of aromatic nitrogens is 2. The maximum Gasteiger partial charge on any atom is 0.292 e. The van der Waals surface area contributed by atoms with Gasteiger partial charge in [-0.2, -0.15) is 0 Å². The highest BCUT2D eigenvalue weighted by atomic mass is 16.5. The molecule has 7 heteroatoms. The first-order valence-corrected chi connectivity index (χ1v) is 9.79. The molecule has 0 fully saturated rings. The summed E-state index contributed by atoms with van der Waals surface area (Å²) in [5.74, 6) is 0.500. The van der Waals surface area contributed by atoms with Crippen molar-refractivity contribution in [3.05, 3.63) is 60.2 Å². The van der Waals surface area contributed by atoms with Crippen LogP contribution in [-0.2, 0) is 0 Å². The molecule has 29 heavy (non-hydrogen) atoms. The van der Waals surface area contributed by atoms with Gasteiger partial charge in [-0.25, -0.2) is 4.98 Å². The lowest BCUT2D eigenvalue weighted by Crippen LogP contribution is -2.26. The lowest BCUT2D eigenvalue weighted by molar-refractivity contribution is 0.0949. The van der Waals surface area contributed by atoms with Crippen LogP contribution in [0, 0.1) is 5.92 Å². The van der Waals surface area contributed by atoms with E-state index >= 15 is 0 Å². The van der Waals surface area contributed by atoms with Gasteiger partial charge in [-0.1, -0.05) is 32.0 Å². The van der Waals surface area contributed by atoms with E-state index in [9.17, 15) is 9.59 Å². The molecule has 0 unspecified atom stereocenters. The molecule has 0 bridgehead atoms. The largest absolute Gasteiger partial charge is 0.492 e. The maximum absolute atomic E-state index is 12.9. The number of benzene rings is 1. The highest BCUT2D eigenvalue weighted by Gasteiger charge is 2.22. The molecule has 2 amide bonds. The average molecular weight is 394 g/mol. The fraction of sp³-hybridized carbons (Fsp3) is 0.318. The predicted molar refractivity (Wildman–Crippen MR) is 113 cm³/mol. The first kappa shape index (κ1) is 20.4. The van der Waals surface area contributed by atoms with Crippen molar-refractivity contribution in [1.82, 2.24) is 14.7 Å². The summed E-state index contributed by atoms with van der Waals surface area (Å²) in [5, 5.41) is 5.72. The molecule has 2 N–H and O–H groups in total. The second-order valence-corrected chi connectivity index (χ2v) is 7.06. The van der Waals surface area contributed by atoms with Crippen molar-refractivity contribution in [3.63, 3.8) is 0 Å². The van der Waals surface area contributed by atoms with Gasteiger partial charge in [0.05, 0.1) is 17.8 Å². The first-order chi connectivity index (χ1) is 14.0. The Hall–Kier alpha value is -3.35. The number of carbonyl (C=O) groups is 2. The molecule has 152 valence electrons. The summed E-state index contributed by atoms with van der Waals surface area (Å²) in [7, 11) is 0. The number of imidazole rings is 1. The number of carbonyl (C=O) groups excluding carboxylic acids is 2. The Morgan fingerprint density at radius 3 is 2.62 bits per heavy atom. The number of anilines is 1. The fourth-order valence-electron chi connectivity index (χ4n) is 2.95. The fourth-order valence-corrected chi connectivity index (χ4v) is 2.95. The lowest BCUT2D eigenvalue weighted by atomic mass is 10.1. The van der Waals surface area contributed by atoms with E-state index in [0.29, 0.717) is 36.0 Å². The Bertz CT molecular complexity index is 1010. The normalized spacial score (nSPS) is 10.9. The van der Waals surface area contributed by atoms with Crippen LogP contribution in [0.15, 0.2) is 48.7 Å². The third-order valence-corrected chi connectivity index (χ3v) is 4.41. The van der Waals surface area contributed by atoms with E-state index in [1.165, 1.54) is 0 Å². The molecule has 2 heterocycles. The monoisotopic (exact) mass is 394 g/mol. The Morgan fingerprint density at radius 2 is 1.86 bits per heavy atom. The number of ether oxygens (including phenoxy) is 1. The van der Waals surface area contributed by atoms with Crippen molar-refractivity contribution >= 4 is 23.0 Å². The number of amides is 2. The first-order valence-electron chi connectivity index (χ1n) is 9.79. The topological polar surface area (TPSA) is 84.7 Å². The molecule has 0 aliphatic carbocycles. The number of para-hydroxylation sites is 2. The summed E-state index contributed by atoms with van der Waals surface area (Å²) in [4.78, 5) is 29.9. The van der Waals surface area contributed by atoms with E-state index < -0.39 is 5.91 Å². The highest BCUT2D eigenvalue weighted by Crippen LogP contribution is 2.24. The zero-order chi connectivity index (χ0) is 20.8. The molecule has 0 aliphatic rings. The van der Waals surface area contributed by atoms with Crippen LogP contribution < -0.4 is 15.4 Å². The van der Waals surface area contributed by atoms with E-state index in [0.717, 1.165) is 6.42 Å². The standard InChI is InChI=1S/C22H26N4O3/c1-4-29-18-11-6-5-9-16(18)24-22(28)20-25-19(17-10-7-8-14-26(17)20)21(27)23-13-12-15(2)3/h5-11,14-15H,4,12-13H2,1-3H3,(H,23,27)(H,24,28). The molecule has 0 aliphatic heterocycles. The van der Waals surface area contributed by atoms with Crippen molar-refractivity contribution < 1.29 is 14.3 Å². The molecule has 0 atom stereocenters. The lowest BCUT2D eigenvalue weighted by Gasteiger charge is -2.10. The zero-order valence-corrected chi connectivity index (χ0v) is 16.9. The maximum atomic E-state index is 12.9. The average Bonchev–Trinajstić information content (AvgIpc) is 3.09. The number of rotatable bonds is 8. The minimum absolute atomic E-state index is 0.140. The van der Waals surface area contributed by atoms with Gasteiger partial charge in [0, 0.05) is 12.7 Å². The van der Waals surface area contributed by atoms with Gasteiger partial charge in [-0.15, -0.1) is 0 Å². The molecule has 0 radical (unpaired) electrons.